The van der Waals surface area contributed by atoms with Crippen molar-refractivity contribution in [3.63, 3.8) is 0 Å². The lowest BCUT2D eigenvalue weighted by atomic mass is 10.2. The lowest BCUT2D eigenvalue weighted by Crippen LogP contribution is -1.92. The fourth-order valence-corrected chi connectivity index (χ4v) is 2.48. The molecule has 0 bridgehead atoms. The highest BCUT2D eigenvalue weighted by Gasteiger charge is 2.08. The van der Waals surface area contributed by atoms with Crippen LogP contribution in [0.4, 0.5) is 5.00 Å². The maximum absolute atomic E-state index is 5.74. The van der Waals surface area contributed by atoms with Crippen LogP contribution in [-0.2, 0) is 0 Å². The summed E-state index contributed by atoms with van der Waals surface area (Å²) in [6.07, 6.45) is 0. The lowest BCUT2D eigenvalue weighted by molar-refractivity contribution is 0.337. The van der Waals surface area contributed by atoms with Crippen LogP contribution in [0, 0.1) is 0 Å². The van der Waals surface area contributed by atoms with Gasteiger partial charge in [-0.15, -0.1) is 24.0 Å². The Kier molecular flexibility index (Phi) is 2.56. The average Bonchev–Trinajstić information content (AvgIpc) is 2.51. The SMILES string of the molecule is CCOc1c(S)ccc2sc(N)cc12. The zero-order valence-electron chi connectivity index (χ0n) is 7.78. The number of hydrogen-bond acceptors (Lipinski definition) is 4. The largest absolute Gasteiger partial charge is 0.492 e. The van der Waals surface area contributed by atoms with Gasteiger partial charge in [0.2, 0.25) is 0 Å². The molecule has 4 heteroatoms. The molecule has 2 aromatic rings. The Morgan fingerprint density at radius 3 is 3.00 bits per heavy atom. The molecule has 1 aromatic carbocycles. The second kappa shape index (κ2) is 3.71. The van der Waals surface area contributed by atoms with E-state index in [1.165, 1.54) is 0 Å². The number of fused-ring (bicyclic) bond motifs is 1. The Morgan fingerprint density at radius 2 is 2.29 bits per heavy atom. The molecule has 1 aromatic heterocycles. The van der Waals surface area contributed by atoms with Crippen molar-refractivity contribution in [2.24, 2.45) is 0 Å². The third kappa shape index (κ3) is 1.55. The van der Waals surface area contributed by atoms with E-state index in [-0.39, 0.29) is 0 Å². The Morgan fingerprint density at radius 1 is 1.50 bits per heavy atom. The lowest BCUT2D eigenvalue weighted by Gasteiger charge is -2.06. The number of benzene rings is 1. The first-order valence-corrected chi connectivity index (χ1v) is 5.62. The molecule has 0 aliphatic carbocycles. The number of rotatable bonds is 2. The van der Waals surface area contributed by atoms with E-state index in [1.807, 2.05) is 25.1 Å². The second-order valence-corrected chi connectivity index (χ2v) is 4.50. The van der Waals surface area contributed by atoms with Crippen molar-refractivity contribution in [1.29, 1.82) is 0 Å². The van der Waals surface area contributed by atoms with Gasteiger partial charge in [-0.1, -0.05) is 0 Å². The summed E-state index contributed by atoms with van der Waals surface area (Å²) in [5, 5.41) is 1.86. The zero-order chi connectivity index (χ0) is 10.1. The van der Waals surface area contributed by atoms with E-state index in [0.29, 0.717) is 6.61 Å². The molecule has 0 unspecified atom stereocenters. The molecule has 2 N–H and O–H groups in total. The van der Waals surface area contributed by atoms with Gasteiger partial charge in [-0.25, -0.2) is 0 Å². The van der Waals surface area contributed by atoms with E-state index in [1.54, 1.807) is 11.3 Å². The number of thiol groups is 1. The zero-order valence-corrected chi connectivity index (χ0v) is 9.49. The van der Waals surface area contributed by atoms with Gasteiger partial charge in [-0.2, -0.15) is 0 Å². The predicted octanol–water partition coefficient (Wildman–Crippen LogP) is 3.17. The maximum Gasteiger partial charge on any atom is 0.141 e. The van der Waals surface area contributed by atoms with E-state index in [2.05, 4.69) is 12.6 Å². The van der Waals surface area contributed by atoms with E-state index >= 15 is 0 Å². The van der Waals surface area contributed by atoms with Crippen molar-refractivity contribution in [3.8, 4) is 5.75 Å². The summed E-state index contributed by atoms with van der Waals surface area (Å²) < 4.78 is 6.68. The Labute approximate surface area is 92.1 Å². The first-order valence-electron chi connectivity index (χ1n) is 4.36. The number of thiophene rings is 1. The van der Waals surface area contributed by atoms with Crippen LogP contribution in [0.25, 0.3) is 10.1 Å². The minimum Gasteiger partial charge on any atom is -0.492 e. The van der Waals surface area contributed by atoms with Crippen LogP contribution in [-0.4, -0.2) is 6.61 Å². The summed E-state index contributed by atoms with van der Waals surface area (Å²) in [7, 11) is 0. The quantitative estimate of drug-likeness (QED) is 0.770. The summed E-state index contributed by atoms with van der Waals surface area (Å²) in [4.78, 5) is 0.858. The molecule has 0 spiro atoms. The number of nitrogen functional groups attached to an aromatic ring is 1. The van der Waals surface area contributed by atoms with Crippen LogP contribution in [0.3, 0.4) is 0 Å². The van der Waals surface area contributed by atoms with Gasteiger partial charge >= 0.3 is 0 Å². The molecule has 0 fully saturated rings. The van der Waals surface area contributed by atoms with Crippen molar-refractivity contribution in [2.45, 2.75) is 11.8 Å². The van der Waals surface area contributed by atoms with Crippen LogP contribution in [0.15, 0.2) is 23.1 Å². The van der Waals surface area contributed by atoms with Gasteiger partial charge in [0, 0.05) is 15.0 Å². The van der Waals surface area contributed by atoms with Gasteiger partial charge in [-0.05, 0) is 25.1 Å². The molecule has 1 heterocycles. The molecular weight excluding hydrogens is 214 g/mol. The van der Waals surface area contributed by atoms with Crippen molar-refractivity contribution >= 4 is 39.1 Å². The fraction of sp³-hybridized carbons (Fsp3) is 0.200. The molecule has 0 atom stereocenters. The van der Waals surface area contributed by atoms with Gasteiger partial charge in [0.05, 0.1) is 11.6 Å². The maximum atomic E-state index is 5.74. The standard InChI is InChI=1S/C10H11NOS2/c1-2-12-10-6-5-9(11)14-8(6)4-3-7(10)13/h3-5,13H,2,11H2,1H3. The van der Waals surface area contributed by atoms with Gasteiger partial charge in [0.1, 0.15) is 5.75 Å². The molecule has 2 nitrogen and oxygen atoms in total. The van der Waals surface area contributed by atoms with Crippen molar-refractivity contribution in [2.75, 3.05) is 12.3 Å². The van der Waals surface area contributed by atoms with Gasteiger partial charge in [0.25, 0.3) is 0 Å². The minimum atomic E-state index is 0.641. The van der Waals surface area contributed by atoms with E-state index in [0.717, 1.165) is 25.7 Å². The third-order valence-corrected chi connectivity index (χ3v) is 3.22. The van der Waals surface area contributed by atoms with Crippen LogP contribution in [0.5, 0.6) is 5.75 Å². The molecule has 74 valence electrons. The summed E-state index contributed by atoms with van der Waals surface area (Å²) in [6, 6.07) is 5.89. The average molecular weight is 225 g/mol. The molecule has 0 saturated carbocycles. The second-order valence-electron chi connectivity index (χ2n) is 2.91. The van der Waals surface area contributed by atoms with Crippen LogP contribution in [0.2, 0.25) is 0 Å². The molecule has 0 saturated heterocycles. The highest BCUT2D eigenvalue weighted by atomic mass is 32.1. The summed E-state index contributed by atoms with van der Waals surface area (Å²) in [5.74, 6) is 0.835. The molecule has 0 radical (unpaired) electrons. The molecule has 0 aliphatic heterocycles. The summed E-state index contributed by atoms with van der Waals surface area (Å²) in [6.45, 7) is 2.60. The monoisotopic (exact) mass is 225 g/mol. The topological polar surface area (TPSA) is 35.2 Å². The smallest absolute Gasteiger partial charge is 0.141 e. The number of anilines is 1. The summed E-state index contributed by atoms with van der Waals surface area (Å²) in [5.41, 5.74) is 5.74. The van der Waals surface area contributed by atoms with Crippen LogP contribution in [0.1, 0.15) is 6.92 Å². The van der Waals surface area contributed by atoms with E-state index < -0.39 is 0 Å². The fourth-order valence-electron chi connectivity index (χ4n) is 1.39. The molecule has 0 aliphatic rings. The van der Waals surface area contributed by atoms with Crippen molar-refractivity contribution in [3.05, 3.63) is 18.2 Å². The highest BCUT2D eigenvalue weighted by Crippen LogP contribution is 2.38. The molecule has 14 heavy (non-hydrogen) atoms. The number of hydrogen-bond donors (Lipinski definition) is 2. The first-order chi connectivity index (χ1) is 6.72. The van der Waals surface area contributed by atoms with Gasteiger partial charge < -0.3 is 10.5 Å². The van der Waals surface area contributed by atoms with E-state index in [9.17, 15) is 0 Å². The van der Waals surface area contributed by atoms with E-state index in [4.69, 9.17) is 10.5 Å². The van der Waals surface area contributed by atoms with Crippen molar-refractivity contribution in [1.82, 2.24) is 0 Å². The Bertz CT molecular complexity index is 464. The minimum absolute atomic E-state index is 0.641. The number of nitrogens with two attached hydrogens (primary N) is 1. The molecule has 0 amide bonds. The molecular formula is C10H11NOS2. The highest BCUT2D eigenvalue weighted by molar-refractivity contribution is 7.80. The van der Waals surface area contributed by atoms with Gasteiger partial charge in [0.15, 0.2) is 0 Å². The Balaban J connectivity index is 2.68. The van der Waals surface area contributed by atoms with Crippen molar-refractivity contribution < 1.29 is 4.74 Å². The third-order valence-electron chi connectivity index (χ3n) is 1.94. The Hall–Kier alpha value is -0.870. The van der Waals surface area contributed by atoms with Crippen LogP contribution < -0.4 is 10.5 Å². The predicted molar refractivity (Wildman–Crippen MR) is 64.7 cm³/mol. The number of ether oxygens (including phenoxy) is 1. The van der Waals surface area contributed by atoms with Crippen LogP contribution >= 0.6 is 24.0 Å². The summed E-state index contributed by atoms with van der Waals surface area (Å²) >= 11 is 5.92. The first kappa shape index (κ1) is 9.68. The van der Waals surface area contributed by atoms with Gasteiger partial charge in [-0.3, -0.25) is 0 Å². The normalized spacial score (nSPS) is 10.7. The molecule has 2 rings (SSSR count).